The van der Waals surface area contributed by atoms with E-state index >= 15 is 0 Å². The van der Waals surface area contributed by atoms with Gasteiger partial charge in [-0.1, -0.05) is 0 Å². The first kappa shape index (κ1) is 8.45. The van der Waals surface area contributed by atoms with Crippen molar-refractivity contribution in [3.8, 4) is 0 Å². The largest absolute Gasteiger partial charge is 0.548 e. The standard InChI is InChI=1S/C6H12N2O3/c1-3-7-2-4(9)5(8-3)6(10)11/h3-5,7-9H,2H2,1H3,(H,10,11)/p-1/t3?,4-,5+/m0/s1. The first-order valence-corrected chi connectivity index (χ1v) is 3.49. The molecule has 0 aromatic carbocycles. The highest BCUT2D eigenvalue weighted by atomic mass is 16.4. The number of hydrogen-bond acceptors (Lipinski definition) is 5. The number of hydrogen-bond donors (Lipinski definition) is 3. The summed E-state index contributed by atoms with van der Waals surface area (Å²) in [6.07, 6.45) is -1.00. The molecule has 3 N–H and O–H groups in total. The molecule has 5 nitrogen and oxygen atoms in total. The molecule has 11 heavy (non-hydrogen) atoms. The van der Waals surface area contributed by atoms with Crippen LogP contribution in [-0.2, 0) is 4.79 Å². The van der Waals surface area contributed by atoms with Crippen LogP contribution in [0.1, 0.15) is 6.92 Å². The number of aliphatic hydroxyl groups is 1. The van der Waals surface area contributed by atoms with Crippen LogP contribution in [0.3, 0.4) is 0 Å². The number of aliphatic hydroxyl groups excluding tert-OH is 1. The Kier molecular flexibility index (Phi) is 2.43. The van der Waals surface area contributed by atoms with E-state index in [4.69, 9.17) is 5.11 Å². The topological polar surface area (TPSA) is 84.4 Å². The average Bonchev–Trinajstić information content (AvgIpc) is 1.94. The zero-order valence-corrected chi connectivity index (χ0v) is 6.20. The van der Waals surface area contributed by atoms with Gasteiger partial charge in [-0.15, -0.1) is 0 Å². The van der Waals surface area contributed by atoms with Gasteiger partial charge in [0.15, 0.2) is 0 Å². The van der Waals surface area contributed by atoms with Gasteiger partial charge in [-0.25, -0.2) is 0 Å². The molecule has 0 bridgehead atoms. The van der Waals surface area contributed by atoms with Gasteiger partial charge in [0.05, 0.1) is 24.3 Å². The Balaban J connectivity index is 2.54. The number of carboxylic acids is 1. The van der Waals surface area contributed by atoms with Crippen LogP contribution in [0.4, 0.5) is 0 Å². The predicted molar refractivity (Wildman–Crippen MR) is 35.4 cm³/mol. The fourth-order valence-electron chi connectivity index (χ4n) is 1.08. The van der Waals surface area contributed by atoms with Crippen LogP contribution in [0.2, 0.25) is 0 Å². The number of nitrogens with one attached hydrogen (secondary N) is 2. The summed E-state index contributed by atoms with van der Waals surface area (Å²) in [5, 5.41) is 25.0. The molecule has 1 rings (SSSR count). The van der Waals surface area contributed by atoms with Gasteiger partial charge in [0.25, 0.3) is 0 Å². The number of carbonyl (C=O) groups is 1. The van der Waals surface area contributed by atoms with E-state index in [1.54, 1.807) is 6.92 Å². The first-order valence-electron chi connectivity index (χ1n) is 3.49. The van der Waals surface area contributed by atoms with E-state index in [1.807, 2.05) is 0 Å². The summed E-state index contributed by atoms with van der Waals surface area (Å²) >= 11 is 0. The van der Waals surface area contributed by atoms with E-state index in [1.165, 1.54) is 0 Å². The summed E-state index contributed by atoms with van der Waals surface area (Å²) in [6.45, 7) is 2.06. The first-order chi connectivity index (χ1) is 5.11. The third-order valence-electron chi connectivity index (χ3n) is 1.70. The minimum absolute atomic E-state index is 0.0960. The highest BCUT2D eigenvalue weighted by molar-refractivity contribution is 5.72. The second-order valence-corrected chi connectivity index (χ2v) is 2.66. The second kappa shape index (κ2) is 3.17. The van der Waals surface area contributed by atoms with Crippen molar-refractivity contribution in [2.45, 2.75) is 25.2 Å². The molecule has 1 aliphatic rings. The fourth-order valence-corrected chi connectivity index (χ4v) is 1.08. The monoisotopic (exact) mass is 159 g/mol. The van der Waals surface area contributed by atoms with Gasteiger partial charge in [0, 0.05) is 6.54 Å². The Morgan fingerprint density at radius 3 is 2.82 bits per heavy atom. The van der Waals surface area contributed by atoms with E-state index in [2.05, 4.69) is 10.6 Å². The minimum atomic E-state index is -1.26. The molecule has 0 aromatic heterocycles. The second-order valence-electron chi connectivity index (χ2n) is 2.66. The number of aliphatic carboxylic acids is 1. The highest BCUT2D eigenvalue weighted by Crippen LogP contribution is 1.98. The number of β-amino-alcohol motifs (C(OH)–C–C–N with tert-alkyl or cyclic N) is 1. The Labute approximate surface area is 64.4 Å². The van der Waals surface area contributed by atoms with Crippen LogP contribution in [-0.4, -0.2) is 35.9 Å². The zero-order valence-electron chi connectivity index (χ0n) is 6.20. The molecule has 0 amide bonds. The molecule has 1 saturated heterocycles. The summed E-state index contributed by atoms with van der Waals surface area (Å²) < 4.78 is 0. The third kappa shape index (κ3) is 1.89. The zero-order chi connectivity index (χ0) is 8.43. The van der Waals surface area contributed by atoms with Crippen molar-refractivity contribution in [2.75, 3.05) is 6.54 Å². The van der Waals surface area contributed by atoms with Gasteiger partial charge < -0.3 is 15.0 Å². The summed E-state index contributed by atoms with van der Waals surface area (Å²) in [4.78, 5) is 10.3. The van der Waals surface area contributed by atoms with Gasteiger partial charge in [0.1, 0.15) is 0 Å². The molecule has 0 saturated carbocycles. The molecular weight excluding hydrogens is 148 g/mol. The molecule has 1 aliphatic heterocycles. The molecule has 1 unspecified atom stereocenters. The Hall–Kier alpha value is -0.650. The maximum atomic E-state index is 10.3. The van der Waals surface area contributed by atoms with E-state index in [0.29, 0.717) is 0 Å². The maximum absolute atomic E-state index is 10.3. The van der Waals surface area contributed by atoms with Crippen LogP contribution in [0.15, 0.2) is 0 Å². The summed E-state index contributed by atoms with van der Waals surface area (Å²) in [5.41, 5.74) is 0. The lowest BCUT2D eigenvalue weighted by Gasteiger charge is -2.34. The number of carbonyl (C=O) groups excluding carboxylic acids is 1. The third-order valence-corrected chi connectivity index (χ3v) is 1.70. The quantitative estimate of drug-likeness (QED) is 0.380. The summed E-state index contributed by atoms with van der Waals surface area (Å²) in [5.74, 6) is -1.26. The van der Waals surface area contributed by atoms with Crippen LogP contribution >= 0.6 is 0 Å². The number of rotatable bonds is 1. The molecule has 0 aromatic rings. The van der Waals surface area contributed by atoms with Crippen LogP contribution in [0.5, 0.6) is 0 Å². The molecule has 5 heteroatoms. The van der Waals surface area contributed by atoms with E-state index in [-0.39, 0.29) is 12.7 Å². The lowest BCUT2D eigenvalue weighted by molar-refractivity contribution is -0.311. The Morgan fingerprint density at radius 1 is 1.73 bits per heavy atom. The molecule has 1 heterocycles. The number of carboxylic acid groups (broad SMARTS) is 1. The van der Waals surface area contributed by atoms with Crippen LogP contribution in [0.25, 0.3) is 0 Å². The van der Waals surface area contributed by atoms with E-state index in [9.17, 15) is 9.90 Å². The molecule has 0 aliphatic carbocycles. The summed E-state index contributed by atoms with van der Waals surface area (Å²) in [6, 6.07) is -0.953. The molecule has 1 fully saturated rings. The maximum Gasteiger partial charge on any atom is 0.0871 e. The van der Waals surface area contributed by atoms with Crippen molar-refractivity contribution in [1.82, 2.24) is 10.6 Å². The van der Waals surface area contributed by atoms with E-state index < -0.39 is 18.1 Å². The molecule has 0 spiro atoms. The van der Waals surface area contributed by atoms with Crippen molar-refractivity contribution < 1.29 is 15.0 Å². The highest BCUT2D eigenvalue weighted by Gasteiger charge is 2.26. The molecular formula is C6H11N2O3-. The van der Waals surface area contributed by atoms with Gasteiger partial charge in [-0.3, -0.25) is 10.6 Å². The van der Waals surface area contributed by atoms with Gasteiger partial charge in [-0.2, -0.15) is 0 Å². The molecule has 0 radical (unpaired) electrons. The lowest BCUT2D eigenvalue weighted by Crippen LogP contribution is -2.65. The van der Waals surface area contributed by atoms with Crippen molar-refractivity contribution in [3.05, 3.63) is 0 Å². The van der Waals surface area contributed by atoms with Crippen LogP contribution in [0, 0.1) is 0 Å². The average molecular weight is 159 g/mol. The predicted octanol–water partition coefficient (Wildman–Crippen LogP) is -3.00. The van der Waals surface area contributed by atoms with Gasteiger partial charge in [-0.05, 0) is 6.92 Å². The molecule has 3 atom stereocenters. The van der Waals surface area contributed by atoms with Gasteiger partial charge >= 0.3 is 0 Å². The fraction of sp³-hybridized carbons (Fsp3) is 0.833. The van der Waals surface area contributed by atoms with Gasteiger partial charge in [0.2, 0.25) is 0 Å². The molecule has 64 valence electrons. The summed E-state index contributed by atoms with van der Waals surface area (Å²) in [7, 11) is 0. The van der Waals surface area contributed by atoms with Crippen molar-refractivity contribution in [2.24, 2.45) is 0 Å². The van der Waals surface area contributed by atoms with Crippen molar-refractivity contribution >= 4 is 5.97 Å². The Morgan fingerprint density at radius 2 is 2.36 bits per heavy atom. The van der Waals surface area contributed by atoms with Crippen molar-refractivity contribution in [3.63, 3.8) is 0 Å². The van der Waals surface area contributed by atoms with Crippen molar-refractivity contribution in [1.29, 1.82) is 0 Å². The normalized spacial score (nSPS) is 38.5. The smallest absolute Gasteiger partial charge is 0.0871 e. The Bertz CT molecular complexity index is 162. The van der Waals surface area contributed by atoms with Crippen LogP contribution < -0.4 is 15.7 Å². The minimum Gasteiger partial charge on any atom is -0.548 e. The van der Waals surface area contributed by atoms with E-state index in [0.717, 1.165) is 0 Å². The SMILES string of the molecule is CC1NC[C@H](O)[C@H](C(=O)[O-])N1. The lowest BCUT2D eigenvalue weighted by atomic mass is 10.1.